The highest BCUT2D eigenvalue weighted by molar-refractivity contribution is 5.79. The van der Waals surface area contributed by atoms with E-state index < -0.39 is 5.60 Å². The Morgan fingerprint density at radius 1 is 1.23 bits per heavy atom. The van der Waals surface area contributed by atoms with Crippen LogP contribution in [0.15, 0.2) is 47.7 Å². The zero-order valence-corrected chi connectivity index (χ0v) is 18.8. The Kier molecular flexibility index (Phi) is 8.87. The third kappa shape index (κ3) is 7.97. The lowest BCUT2D eigenvalue weighted by Gasteiger charge is -2.33. The number of hydrogen-bond donors (Lipinski definition) is 3. The van der Waals surface area contributed by atoms with E-state index >= 15 is 0 Å². The van der Waals surface area contributed by atoms with Gasteiger partial charge in [0.25, 0.3) is 0 Å². The molecule has 1 unspecified atom stereocenters. The summed E-state index contributed by atoms with van der Waals surface area (Å²) in [6.07, 6.45) is 4.65. The fourth-order valence-corrected chi connectivity index (χ4v) is 3.67. The molecule has 0 amide bonds. The Hall–Kier alpha value is -2.42. The van der Waals surface area contributed by atoms with Crippen LogP contribution in [0.3, 0.4) is 0 Å². The number of aliphatic imine (C=N–C) groups is 1. The zero-order chi connectivity index (χ0) is 21.9. The first-order valence-corrected chi connectivity index (χ1v) is 11.1. The summed E-state index contributed by atoms with van der Waals surface area (Å²) in [6, 6.07) is 10.4. The lowest BCUT2D eigenvalue weighted by atomic mass is 10.1. The summed E-state index contributed by atoms with van der Waals surface area (Å²) < 4.78 is 7.56. The molecular weight excluding hydrogens is 392 g/mol. The van der Waals surface area contributed by atoms with Crippen molar-refractivity contribution in [3.63, 3.8) is 0 Å². The number of guanidine groups is 1. The van der Waals surface area contributed by atoms with Gasteiger partial charge in [-0.1, -0.05) is 30.3 Å². The van der Waals surface area contributed by atoms with Crippen molar-refractivity contribution < 1.29 is 9.84 Å². The first-order chi connectivity index (χ1) is 15.1. The van der Waals surface area contributed by atoms with Gasteiger partial charge < -0.3 is 25.0 Å². The third-order valence-electron chi connectivity index (χ3n) is 5.23. The minimum atomic E-state index is -0.883. The monoisotopic (exact) mass is 428 g/mol. The van der Waals surface area contributed by atoms with Gasteiger partial charge >= 0.3 is 0 Å². The molecule has 1 fully saturated rings. The maximum absolute atomic E-state index is 10.8. The van der Waals surface area contributed by atoms with Crippen molar-refractivity contribution in [3.8, 4) is 0 Å². The minimum absolute atomic E-state index is 0.336. The molecule has 1 aromatic heterocycles. The van der Waals surface area contributed by atoms with Gasteiger partial charge in [0.1, 0.15) is 5.82 Å². The number of β-amino-alcohol motifs (C(OH)–C–C–N with tert-alkyl or cyclic N) is 1. The maximum atomic E-state index is 10.8. The van der Waals surface area contributed by atoms with Crippen molar-refractivity contribution in [1.29, 1.82) is 0 Å². The maximum Gasteiger partial charge on any atom is 0.191 e. The largest absolute Gasteiger partial charge is 0.387 e. The Labute approximate surface area is 185 Å². The molecule has 3 rings (SSSR count). The van der Waals surface area contributed by atoms with Crippen LogP contribution in [-0.4, -0.2) is 83.6 Å². The van der Waals surface area contributed by atoms with Crippen LogP contribution in [0.1, 0.15) is 25.2 Å². The van der Waals surface area contributed by atoms with Crippen LogP contribution < -0.4 is 10.6 Å². The lowest BCUT2D eigenvalue weighted by molar-refractivity contribution is -0.0179. The number of rotatable bonds is 10. The van der Waals surface area contributed by atoms with E-state index in [1.165, 1.54) is 5.56 Å². The molecule has 8 nitrogen and oxygen atoms in total. The van der Waals surface area contributed by atoms with Gasteiger partial charge in [-0.2, -0.15) is 0 Å². The number of morpholine rings is 1. The van der Waals surface area contributed by atoms with E-state index in [0.29, 0.717) is 25.6 Å². The molecule has 170 valence electrons. The Bertz CT molecular complexity index is 799. The standard InChI is InChI=1S/C23H36N6O2/c1-3-24-22(27-18-23(2,30)19-28-13-15-31-16-14-28)26-10-9-21-25-11-12-29(21)17-20-7-5-4-6-8-20/h4-8,11-12,30H,3,9-10,13-19H2,1-2H3,(H2,24,26,27). The molecule has 1 aliphatic heterocycles. The summed E-state index contributed by atoms with van der Waals surface area (Å²) in [6.45, 7) is 10.3. The van der Waals surface area contributed by atoms with Gasteiger partial charge in [-0.15, -0.1) is 0 Å². The molecule has 0 bridgehead atoms. The molecule has 31 heavy (non-hydrogen) atoms. The highest BCUT2D eigenvalue weighted by Gasteiger charge is 2.25. The van der Waals surface area contributed by atoms with Crippen LogP contribution in [-0.2, 0) is 17.7 Å². The number of benzene rings is 1. The SMILES string of the molecule is CCNC(=NCC(C)(O)CN1CCOCC1)NCCc1nccn1Cc1ccccc1. The number of nitrogens with zero attached hydrogens (tertiary/aromatic N) is 4. The molecule has 8 heteroatoms. The van der Waals surface area contributed by atoms with Crippen LogP contribution >= 0.6 is 0 Å². The predicted octanol–water partition coefficient (Wildman–Crippen LogP) is 1.11. The smallest absolute Gasteiger partial charge is 0.191 e. The van der Waals surface area contributed by atoms with Crippen LogP contribution in [0, 0.1) is 0 Å². The van der Waals surface area contributed by atoms with Crippen LogP contribution in [0.5, 0.6) is 0 Å². The van der Waals surface area contributed by atoms with E-state index in [0.717, 1.165) is 51.6 Å². The van der Waals surface area contributed by atoms with Crippen molar-refractivity contribution >= 4 is 5.96 Å². The van der Waals surface area contributed by atoms with Gasteiger partial charge in [-0.25, -0.2) is 4.98 Å². The van der Waals surface area contributed by atoms with E-state index in [2.05, 4.69) is 54.3 Å². The Morgan fingerprint density at radius 3 is 2.74 bits per heavy atom. The van der Waals surface area contributed by atoms with Gasteiger partial charge in [0.05, 0.1) is 25.4 Å². The summed E-state index contributed by atoms with van der Waals surface area (Å²) in [4.78, 5) is 11.4. The summed E-state index contributed by atoms with van der Waals surface area (Å²) >= 11 is 0. The zero-order valence-electron chi connectivity index (χ0n) is 18.8. The summed E-state index contributed by atoms with van der Waals surface area (Å²) in [7, 11) is 0. The number of aromatic nitrogens is 2. The summed E-state index contributed by atoms with van der Waals surface area (Å²) in [5, 5.41) is 17.4. The molecule has 2 aromatic rings. The first-order valence-electron chi connectivity index (χ1n) is 11.1. The normalized spacial score (nSPS) is 17.3. The average Bonchev–Trinajstić information content (AvgIpc) is 3.20. The number of hydrogen-bond acceptors (Lipinski definition) is 5. The third-order valence-corrected chi connectivity index (χ3v) is 5.23. The Morgan fingerprint density at radius 2 is 2.00 bits per heavy atom. The molecule has 3 N–H and O–H groups in total. The van der Waals surface area contributed by atoms with Gasteiger partial charge in [-0.3, -0.25) is 9.89 Å². The summed E-state index contributed by atoms with van der Waals surface area (Å²) in [5.74, 6) is 1.75. The van der Waals surface area contributed by atoms with Crippen molar-refractivity contribution in [3.05, 3.63) is 54.1 Å². The minimum Gasteiger partial charge on any atom is -0.387 e. The molecule has 0 spiro atoms. The molecular formula is C23H36N6O2. The molecule has 2 heterocycles. The lowest BCUT2D eigenvalue weighted by Crippen LogP contribution is -2.48. The number of aliphatic hydroxyl groups is 1. The Balaban J connectivity index is 1.49. The molecule has 0 saturated carbocycles. The second-order valence-corrected chi connectivity index (χ2v) is 8.21. The van der Waals surface area contributed by atoms with E-state index in [1.807, 2.05) is 32.3 Å². The average molecular weight is 429 g/mol. The second-order valence-electron chi connectivity index (χ2n) is 8.21. The van der Waals surface area contributed by atoms with Crippen molar-refractivity contribution in [1.82, 2.24) is 25.1 Å². The molecule has 0 aliphatic carbocycles. The van der Waals surface area contributed by atoms with E-state index in [9.17, 15) is 5.11 Å². The van der Waals surface area contributed by atoms with Gasteiger partial charge in [0, 0.05) is 58.1 Å². The van der Waals surface area contributed by atoms with E-state index in [4.69, 9.17) is 4.74 Å². The molecule has 1 aliphatic rings. The molecule has 1 aromatic carbocycles. The number of imidazole rings is 1. The summed E-state index contributed by atoms with van der Waals surface area (Å²) in [5.41, 5.74) is 0.373. The van der Waals surface area contributed by atoms with E-state index in [-0.39, 0.29) is 0 Å². The number of nitrogens with one attached hydrogen (secondary N) is 2. The first kappa shape index (κ1) is 23.2. The molecule has 0 radical (unpaired) electrons. The van der Waals surface area contributed by atoms with Crippen LogP contribution in [0.4, 0.5) is 0 Å². The quantitative estimate of drug-likeness (QED) is 0.388. The highest BCUT2D eigenvalue weighted by atomic mass is 16.5. The fraction of sp³-hybridized carbons (Fsp3) is 0.565. The predicted molar refractivity (Wildman–Crippen MR) is 123 cm³/mol. The van der Waals surface area contributed by atoms with Gasteiger partial charge in [0.15, 0.2) is 5.96 Å². The van der Waals surface area contributed by atoms with Crippen LogP contribution in [0.2, 0.25) is 0 Å². The molecule has 1 saturated heterocycles. The van der Waals surface area contributed by atoms with Gasteiger partial charge in [-0.05, 0) is 19.4 Å². The fourth-order valence-electron chi connectivity index (χ4n) is 3.67. The number of ether oxygens (including phenoxy) is 1. The van der Waals surface area contributed by atoms with Crippen molar-refractivity contribution in [2.24, 2.45) is 4.99 Å². The van der Waals surface area contributed by atoms with Crippen LogP contribution in [0.25, 0.3) is 0 Å². The topological polar surface area (TPSA) is 86.9 Å². The van der Waals surface area contributed by atoms with E-state index in [1.54, 1.807) is 0 Å². The van der Waals surface area contributed by atoms with Crippen molar-refractivity contribution in [2.75, 3.05) is 52.5 Å². The molecule has 1 atom stereocenters. The second kappa shape index (κ2) is 11.8. The van der Waals surface area contributed by atoms with Gasteiger partial charge in [0.2, 0.25) is 0 Å². The van der Waals surface area contributed by atoms with Crippen molar-refractivity contribution in [2.45, 2.75) is 32.4 Å². The highest BCUT2D eigenvalue weighted by Crippen LogP contribution is 2.09.